The highest BCUT2D eigenvalue weighted by atomic mass is 35.5. The molecule has 2 N–H and O–H groups in total. The van der Waals surface area contributed by atoms with E-state index in [2.05, 4.69) is 0 Å². The first-order valence-electron chi connectivity index (χ1n) is 4.94. The smallest absolute Gasteiger partial charge is 0.252 e. The van der Waals surface area contributed by atoms with Gasteiger partial charge < -0.3 is 5.73 Å². The molecule has 18 heavy (non-hydrogen) atoms. The van der Waals surface area contributed by atoms with Gasteiger partial charge in [-0.05, 0) is 18.2 Å². The molecule has 0 fully saturated rings. The van der Waals surface area contributed by atoms with Gasteiger partial charge in [-0.25, -0.2) is 8.42 Å². The number of nitrogens with zero attached hydrogens (tertiary/aromatic N) is 1. The molecule has 2 aromatic heterocycles. The van der Waals surface area contributed by atoms with E-state index in [0.717, 1.165) is 16.2 Å². The van der Waals surface area contributed by atoms with Gasteiger partial charge in [0.2, 0.25) is 0 Å². The monoisotopic (exact) mass is 322 g/mol. The Kier molecular flexibility index (Phi) is 3.98. The molecule has 0 spiro atoms. The Morgan fingerprint density at radius 2 is 2.17 bits per heavy atom. The van der Waals surface area contributed by atoms with Gasteiger partial charge in [0, 0.05) is 29.5 Å². The third-order valence-corrected chi connectivity index (χ3v) is 6.72. The lowest BCUT2D eigenvalue weighted by molar-refractivity contribution is 0.471. The number of rotatable bonds is 4. The van der Waals surface area contributed by atoms with E-state index in [-0.39, 0.29) is 4.21 Å². The van der Waals surface area contributed by atoms with E-state index in [1.54, 1.807) is 18.5 Å². The molecule has 0 aliphatic heterocycles. The van der Waals surface area contributed by atoms with Gasteiger partial charge in [0.1, 0.15) is 4.21 Å². The molecule has 0 unspecified atom stereocenters. The highest BCUT2D eigenvalue weighted by molar-refractivity contribution is 7.91. The van der Waals surface area contributed by atoms with Crippen molar-refractivity contribution in [3.63, 3.8) is 0 Å². The van der Waals surface area contributed by atoms with Crippen molar-refractivity contribution < 1.29 is 8.42 Å². The van der Waals surface area contributed by atoms with Crippen LogP contribution in [0.15, 0.2) is 27.8 Å². The maximum atomic E-state index is 12.2. The van der Waals surface area contributed by atoms with Crippen LogP contribution in [0, 0.1) is 0 Å². The summed E-state index contributed by atoms with van der Waals surface area (Å²) in [5, 5.41) is 1.61. The van der Waals surface area contributed by atoms with E-state index in [4.69, 9.17) is 17.3 Å². The van der Waals surface area contributed by atoms with Crippen molar-refractivity contribution in [3.05, 3.63) is 32.8 Å². The fourth-order valence-electron chi connectivity index (χ4n) is 1.36. The van der Waals surface area contributed by atoms with Crippen LogP contribution in [-0.2, 0) is 16.6 Å². The van der Waals surface area contributed by atoms with Crippen molar-refractivity contribution >= 4 is 50.0 Å². The number of anilines is 1. The van der Waals surface area contributed by atoms with Crippen molar-refractivity contribution in [2.75, 3.05) is 12.8 Å². The van der Waals surface area contributed by atoms with Gasteiger partial charge in [-0.2, -0.15) is 4.31 Å². The van der Waals surface area contributed by atoms with Crippen LogP contribution in [0.25, 0.3) is 0 Å². The largest absolute Gasteiger partial charge is 0.398 e. The first kappa shape index (κ1) is 13.8. The van der Waals surface area contributed by atoms with Crippen molar-refractivity contribution in [3.8, 4) is 0 Å². The van der Waals surface area contributed by atoms with E-state index in [0.29, 0.717) is 16.6 Å². The second-order valence-electron chi connectivity index (χ2n) is 3.67. The lowest BCUT2D eigenvalue weighted by Crippen LogP contribution is -2.25. The van der Waals surface area contributed by atoms with E-state index < -0.39 is 10.0 Å². The molecule has 0 radical (unpaired) electrons. The normalized spacial score (nSPS) is 12.2. The number of nitrogen functional groups attached to an aromatic ring is 1. The molecule has 0 amide bonds. The number of thiophene rings is 2. The molecule has 2 aromatic rings. The maximum Gasteiger partial charge on any atom is 0.252 e. The summed E-state index contributed by atoms with van der Waals surface area (Å²) >= 11 is 8.31. The zero-order chi connectivity index (χ0) is 13.3. The van der Waals surface area contributed by atoms with Gasteiger partial charge in [0.15, 0.2) is 0 Å². The number of hydrogen-bond acceptors (Lipinski definition) is 5. The van der Waals surface area contributed by atoms with Crippen LogP contribution in [0.3, 0.4) is 0 Å². The lowest BCUT2D eigenvalue weighted by atomic mass is 10.5. The Labute approximate surface area is 119 Å². The molecule has 0 atom stereocenters. The summed E-state index contributed by atoms with van der Waals surface area (Å²) < 4.78 is 26.6. The fourth-order valence-corrected chi connectivity index (χ4v) is 5.02. The SMILES string of the molecule is CN(Cc1ccc(Cl)s1)S(=O)(=O)c1cc(N)cs1. The van der Waals surface area contributed by atoms with Gasteiger partial charge in [0.25, 0.3) is 10.0 Å². The Hall–Kier alpha value is -0.600. The summed E-state index contributed by atoms with van der Waals surface area (Å²) in [7, 11) is -1.93. The van der Waals surface area contributed by atoms with Crippen LogP contribution < -0.4 is 5.73 Å². The summed E-state index contributed by atoms with van der Waals surface area (Å²) in [6.07, 6.45) is 0. The number of nitrogens with two attached hydrogens (primary N) is 1. The molecule has 4 nitrogen and oxygen atoms in total. The first-order valence-corrected chi connectivity index (χ1v) is 8.45. The minimum Gasteiger partial charge on any atom is -0.398 e. The summed E-state index contributed by atoms with van der Waals surface area (Å²) in [5.41, 5.74) is 6.01. The standard InChI is InChI=1S/C10H11ClN2O2S3/c1-13(5-8-2-3-9(11)17-8)18(14,15)10-4-7(12)6-16-10/h2-4,6H,5,12H2,1H3. The molecule has 0 saturated heterocycles. The first-order chi connectivity index (χ1) is 8.39. The van der Waals surface area contributed by atoms with E-state index >= 15 is 0 Å². The van der Waals surface area contributed by atoms with E-state index in [1.165, 1.54) is 21.7 Å². The van der Waals surface area contributed by atoms with Crippen LogP contribution in [0.1, 0.15) is 4.88 Å². The summed E-state index contributed by atoms with van der Waals surface area (Å²) in [6.45, 7) is 0.303. The Morgan fingerprint density at radius 3 is 2.67 bits per heavy atom. The zero-order valence-corrected chi connectivity index (χ0v) is 12.7. The van der Waals surface area contributed by atoms with Crippen LogP contribution in [0.2, 0.25) is 4.34 Å². The zero-order valence-electron chi connectivity index (χ0n) is 9.46. The quantitative estimate of drug-likeness (QED) is 0.941. The average Bonchev–Trinajstić information content (AvgIpc) is 2.88. The van der Waals surface area contributed by atoms with Crippen molar-refractivity contribution in [2.45, 2.75) is 10.8 Å². The van der Waals surface area contributed by atoms with Crippen LogP contribution in [0.4, 0.5) is 5.69 Å². The highest BCUT2D eigenvalue weighted by Crippen LogP contribution is 2.27. The molecule has 2 heterocycles. The number of hydrogen-bond donors (Lipinski definition) is 1. The Morgan fingerprint density at radius 1 is 1.44 bits per heavy atom. The molecule has 0 aliphatic carbocycles. The van der Waals surface area contributed by atoms with Crippen molar-refractivity contribution in [1.82, 2.24) is 4.31 Å². The van der Waals surface area contributed by atoms with Crippen LogP contribution >= 0.6 is 34.3 Å². The third-order valence-electron chi connectivity index (χ3n) is 2.27. The molecule has 8 heteroatoms. The van der Waals surface area contributed by atoms with Gasteiger partial charge in [0.05, 0.1) is 4.34 Å². The second kappa shape index (κ2) is 5.18. The number of sulfonamides is 1. The predicted octanol–water partition coefficient (Wildman–Crippen LogP) is 2.87. The topological polar surface area (TPSA) is 63.4 Å². The third kappa shape index (κ3) is 2.86. The second-order valence-corrected chi connectivity index (χ2v) is 8.65. The molecule has 0 saturated carbocycles. The molecule has 98 valence electrons. The average molecular weight is 323 g/mol. The minimum absolute atomic E-state index is 0.255. The van der Waals surface area contributed by atoms with Crippen molar-refractivity contribution in [2.24, 2.45) is 0 Å². The Balaban J connectivity index is 2.20. The Bertz CT molecular complexity index is 648. The van der Waals surface area contributed by atoms with E-state index in [9.17, 15) is 8.42 Å². The fraction of sp³-hybridized carbons (Fsp3) is 0.200. The minimum atomic E-state index is -3.47. The van der Waals surface area contributed by atoms with Crippen LogP contribution in [-0.4, -0.2) is 19.8 Å². The lowest BCUT2D eigenvalue weighted by Gasteiger charge is -2.14. The number of halogens is 1. The summed E-state index contributed by atoms with van der Waals surface area (Å²) in [4.78, 5) is 0.899. The predicted molar refractivity (Wildman–Crippen MR) is 76.7 cm³/mol. The molecular formula is C10H11ClN2O2S3. The van der Waals surface area contributed by atoms with Crippen molar-refractivity contribution in [1.29, 1.82) is 0 Å². The summed E-state index contributed by atoms with van der Waals surface area (Å²) in [5.74, 6) is 0. The molecule has 0 aromatic carbocycles. The molecule has 0 bridgehead atoms. The van der Waals surface area contributed by atoms with Gasteiger partial charge in [-0.3, -0.25) is 0 Å². The molecule has 2 rings (SSSR count). The van der Waals surface area contributed by atoms with Crippen LogP contribution in [0.5, 0.6) is 0 Å². The highest BCUT2D eigenvalue weighted by Gasteiger charge is 2.23. The van der Waals surface area contributed by atoms with Gasteiger partial charge >= 0.3 is 0 Å². The van der Waals surface area contributed by atoms with Gasteiger partial charge in [-0.15, -0.1) is 22.7 Å². The summed E-state index contributed by atoms with van der Waals surface area (Å²) in [6, 6.07) is 5.05. The maximum absolute atomic E-state index is 12.2. The van der Waals surface area contributed by atoms with E-state index in [1.807, 2.05) is 6.07 Å². The molecule has 0 aliphatic rings. The van der Waals surface area contributed by atoms with Gasteiger partial charge in [-0.1, -0.05) is 11.6 Å². The molecular weight excluding hydrogens is 312 g/mol.